The molecule has 1 N–H and O–H groups in total. The summed E-state index contributed by atoms with van der Waals surface area (Å²) >= 11 is 0. The molecule has 14 heteroatoms. The zero-order valence-electron chi connectivity index (χ0n) is 15.8. The van der Waals surface area contributed by atoms with Crippen LogP contribution in [0.5, 0.6) is 0 Å². The van der Waals surface area contributed by atoms with Crippen molar-refractivity contribution >= 4 is 16.1 Å². The molecule has 0 aromatic rings. The Kier molecular flexibility index (Phi) is 6.24. The van der Waals surface area contributed by atoms with E-state index in [0.29, 0.717) is 6.42 Å². The Labute approximate surface area is 169 Å². The van der Waals surface area contributed by atoms with Gasteiger partial charge in [-0.05, 0) is 38.0 Å². The third-order valence-electron chi connectivity index (χ3n) is 5.45. The highest BCUT2D eigenvalue weighted by atomic mass is 32.2. The minimum atomic E-state index is -5.77. The topological polar surface area (TPSA) is 84.9 Å². The molecule has 1 spiro atoms. The van der Waals surface area contributed by atoms with Crippen LogP contribution in [-0.2, 0) is 19.5 Å². The number of carbonyl (C=O) groups is 1. The standard InChI is InChI=1S/C16H22F6N2O5S/c17-15(18,19)12(16(20,21)22)29-13(25)24-5-3-14(4-6-24)7-11(8-28-14)23-30(26,27)9-10-1-2-10/h10-12,23H,1-9H2/t11-/m1/s1. The first-order valence-corrected chi connectivity index (χ1v) is 11.1. The predicted octanol–water partition coefficient (Wildman–Crippen LogP) is 2.57. The van der Waals surface area contributed by atoms with Gasteiger partial charge in [0.05, 0.1) is 18.0 Å². The number of carbonyl (C=O) groups excluding carboxylic acids is 1. The molecule has 3 rings (SSSR count). The number of hydrogen-bond donors (Lipinski definition) is 1. The van der Waals surface area contributed by atoms with E-state index in [2.05, 4.69) is 9.46 Å². The van der Waals surface area contributed by atoms with Crippen LogP contribution in [0, 0.1) is 5.92 Å². The van der Waals surface area contributed by atoms with E-state index in [-0.39, 0.29) is 44.2 Å². The summed E-state index contributed by atoms with van der Waals surface area (Å²) in [7, 11) is -3.45. The first-order valence-electron chi connectivity index (χ1n) is 9.42. The zero-order valence-corrected chi connectivity index (χ0v) is 16.6. The SMILES string of the molecule is O=C(OC(C(F)(F)F)C(F)(F)F)N1CCC2(CC1)C[C@@H](NS(=O)(=O)CC1CC1)CO2. The third kappa shape index (κ3) is 5.90. The van der Waals surface area contributed by atoms with Crippen LogP contribution in [0.15, 0.2) is 0 Å². The molecule has 1 atom stereocenters. The first-order chi connectivity index (χ1) is 13.7. The molecule has 2 saturated heterocycles. The van der Waals surface area contributed by atoms with Gasteiger partial charge < -0.3 is 14.4 Å². The molecule has 2 heterocycles. The normalized spacial score (nSPS) is 25.2. The van der Waals surface area contributed by atoms with Gasteiger partial charge in [-0.2, -0.15) is 26.3 Å². The van der Waals surface area contributed by atoms with Crippen LogP contribution in [0.1, 0.15) is 32.1 Å². The van der Waals surface area contributed by atoms with Gasteiger partial charge in [-0.3, -0.25) is 0 Å². The predicted molar refractivity (Wildman–Crippen MR) is 89.9 cm³/mol. The van der Waals surface area contributed by atoms with E-state index in [1.807, 2.05) is 0 Å². The van der Waals surface area contributed by atoms with Gasteiger partial charge >= 0.3 is 18.4 Å². The molecule has 7 nitrogen and oxygen atoms in total. The average Bonchev–Trinajstić information content (AvgIpc) is 3.31. The molecular formula is C16H22F6N2O5S. The van der Waals surface area contributed by atoms with E-state index in [0.717, 1.165) is 17.7 Å². The van der Waals surface area contributed by atoms with Crippen molar-refractivity contribution in [1.82, 2.24) is 9.62 Å². The van der Waals surface area contributed by atoms with Gasteiger partial charge in [-0.15, -0.1) is 0 Å². The largest absolute Gasteiger partial charge is 0.434 e. The van der Waals surface area contributed by atoms with Gasteiger partial charge in [0.25, 0.3) is 6.10 Å². The second-order valence-electron chi connectivity index (χ2n) is 8.07. The van der Waals surface area contributed by atoms with Crippen LogP contribution in [0.25, 0.3) is 0 Å². The number of ether oxygens (including phenoxy) is 2. The lowest BCUT2D eigenvalue weighted by Crippen LogP contribution is -2.51. The van der Waals surface area contributed by atoms with Crippen molar-refractivity contribution in [3.8, 4) is 0 Å². The molecule has 2 aliphatic heterocycles. The molecule has 0 aromatic carbocycles. The van der Waals surface area contributed by atoms with Gasteiger partial charge in [-0.1, -0.05) is 0 Å². The summed E-state index contributed by atoms with van der Waals surface area (Å²) in [4.78, 5) is 12.6. The van der Waals surface area contributed by atoms with E-state index in [1.165, 1.54) is 0 Å². The Hall–Kier alpha value is -1.28. The van der Waals surface area contributed by atoms with Gasteiger partial charge in [-0.25, -0.2) is 17.9 Å². The zero-order chi connectivity index (χ0) is 22.4. The maximum Gasteiger partial charge on any atom is 0.434 e. The Morgan fingerprint density at radius 3 is 2.20 bits per heavy atom. The van der Waals surface area contributed by atoms with Crippen molar-refractivity contribution in [3.63, 3.8) is 0 Å². The molecule has 174 valence electrons. The summed E-state index contributed by atoms with van der Waals surface area (Å²) in [5.74, 6) is 0.223. The third-order valence-corrected chi connectivity index (χ3v) is 7.06. The van der Waals surface area contributed by atoms with Gasteiger partial charge in [0.1, 0.15) is 0 Å². The Morgan fingerprint density at radius 2 is 1.70 bits per heavy atom. The Morgan fingerprint density at radius 1 is 1.13 bits per heavy atom. The van der Waals surface area contributed by atoms with Gasteiger partial charge in [0.2, 0.25) is 10.0 Å². The Bertz CT molecular complexity index is 730. The van der Waals surface area contributed by atoms with Crippen molar-refractivity contribution in [1.29, 1.82) is 0 Å². The molecule has 1 aliphatic carbocycles. The van der Waals surface area contributed by atoms with Crippen molar-refractivity contribution in [2.45, 2.75) is 62.2 Å². The molecule has 0 unspecified atom stereocenters. The molecule has 0 radical (unpaired) electrons. The van der Waals surface area contributed by atoms with Crippen LogP contribution in [0.4, 0.5) is 31.1 Å². The van der Waals surface area contributed by atoms with Gasteiger partial charge in [0, 0.05) is 19.1 Å². The van der Waals surface area contributed by atoms with E-state index in [4.69, 9.17) is 4.74 Å². The highest BCUT2D eigenvalue weighted by molar-refractivity contribution is 7.89. The summed E-state index contributed by atoms with van der Waals surface area (Å²) in [6.45, 7) is -0.218. The van der Waals surface area contributed by atoms with E-state index in [9.17, 15) is 39.6 Å². The number of piperidine rings is 1. The molecular weight excluding hydrogens is 446 g/mol. The maximum atomic E-state index is 12.6. The number of nitrogens with zero attached hydrogens (tertiary/aromatic N) is 1. The summed E-state index contributed by atoms with van der Waals surface area (Å²) in [6, 6.07) is -0.466. The molecule has 30 heavy (non-hydrogen) atoms. The molecule has 0 bridgehead atoms. The molecule has 3 aliphatic rings. The van der Waals surface area contributed by atoms with Crippen molar-refractivity contribution in [3.05, 3.63) is 0 Å². The molecule has 0 aromatic heterocycles. The number of sulfonamides is 1. The van der Waals surface area contributed by atoms with Crippen LogP contribution in [-0.4, -0.2) is 75.0 Å². The van der Waals surface area contributed by atoms with Crippen molar-refractivity contribution in [2.24, 2.45) is 5.92 Å². The van der Waals surface area contributed by atoms with Gasteiger partial charge in [0.15, 0.2) is 0 Å². The van der Waals surface area contributed by atoms with Crippen molar-refractivity contribution < 1.29 is 49.0 Å². The second kappa shape index (κ2) is 8.01. The van der Waals surface area contributed by atoms with E-state index < -0.39 is 46.2 Å². The van der Waals surface area contributed by atoms with Crippen LogP contribution < -0.4 is 4.72 Å². The van der Waals surface area contributed by atoms with E-state index in [1.54, 1.807) is 0 Å². The summed E-state index contributed by atoms with van der Waals surface area (Å²) in [5, 5.41) is 0. The van der Waals surface area contributed by atoms with Crippen LogP contribution >= 0.6 is 0 Å². The number of hydrogen-bond acceptors (Lipinski definition) is 5. The number of likely N-dealkylation sites (tertiary alicyclic amines) is 1. The van der Waals surface area contributed by atoms with Crippen molar-refractivity contribution in [2.75, 3.05) is 25.4 Å². The maximum absolute atomic E-state index is 12.6. The number of halogens is 6. The average molecular weight is 468 g/mol. The highest BCUT2D eigenvalue weighted by Crippen LogP contribution is 2.39. The fraction of sp³-hybridized carbons (Fsp3) is 0.938. The minimum Gasteiger partial charge on any atom is -0.426 e. The highest BCUT2D eigenvalue weighted by Gasteiger charge is 2.60. The Balaban J connectivity index is 1.51. The lowest BCUT2D eigenvalue weighted by Gasteiger charge is -2.38. The summed E-state index contributed by atoms with van der Waals surface area (Å²) in [5.41, 5.74) is -0.781. The quantitative estimate of drug-likeness (QED) is 0.627. The fourth-order valence-corrected chi connectivity index (χ4v) is 5.47. The van der Waals surface area contributed by atoms with E-state index >= 15 is 0 Å². The van der Waals surface area contributed by atoms with Crippen LogP contribution in [0.2, 0.25) is 0 Å². The lowest BCUT2D eigenvalue weighted by molar-refractivity contribution is -0.308. The number of rotatable bonds is 5. The molecule has 3 fully saturated rings. The summed E-state index contributed by atoms with van der Waals surface area (Å²) in [6.07, 6.45) is -15.1. The fourth-order valence-electron chi connectivity index (χ4n) is 3.76. The number of nitrogens with one attached hydrogen (secondary N) is 1. The monoisotopic (exact) mass is 468 g/mol. The van der Waals surface area contributed by atoms with Crippen LogP contribution in [0.3, 0.4) is 0 Å². The summed E-state index contributed by atoms with van der Waals surface area (Å²) < 4.78 is 112. The second-order valence-corrected chi connectivity index (χ2v) is 9.87. The lowest BCUT2D eigenvalue weighted by atomic mass is 9.88. The number of amides is 1. The minimum absolute atomic E-state index is 0.0513. The molecule has 1 amide bonds. The smallest absolute Gasteiger partial charge is 0.426 e. The first kappa shape index (κ1) is 23.4. The number of alkyl halides is 6. The molecule has 1 saturated carbocycles.